The van der Waals surface area contributed by atoms with Gasteiger partial charge in [0.05, 0.1) is 18.2 Å². The molecule has 0 fully saturated rings. The molecule has 0 amide bonds. The maximum Gasteiger partial charge on any atom is 0.416 e. The number of methoxy groups -OCH3 is 1. The Kier molecular flexibility index (Phi) is 3.76. The van der Waals surface area contributed by atoms with E-state index in [9.17, 15) is 22.8 Å². The molecule has 1 atom stereocenters. The first-order valence-corrected chi connectivity index (χ1v) is 6.05. The number of rotatable bonds is 2. The average molecular weight is 299 g/mol. The smallest absolute Gasteiger partial charge is 0.416 e. The molecular formula is C14H12F3NO3. The number of esters is 1. The standard InChI is InChI=1S/C14H12F3NO3/c1-8(13(20)21-2)18-6-5-12(19)10-4-3-9(7-11(10)18)14(15,16)17/h3-8H,1-2H3. The molecule has 1 aromatic carbocycles. The van der Waals surface area contributed by atoms with Crippen LogP contribution in [0.4, 0.5) is 13.2 Å². The van der Waals surface area contributed by atoms with Gasteiger partial charge < -0.3 is 9.30 Å². The van der Waals surface area contributed by atoms with E-state index >= 15 is 0 Å². The molecule has 7 heteroatoms. The molecule has 21 heavy (non-hydrogen) atoms. The average Bonchev–Trinajstić information content (AvgIpc) is 2.45. The lowest BCUT2D eigenvalue weighted by atomic mass is 10.1. The van der Waals surface area contributed by atoms with E-state index in [0.29, 0.717) is 0 Å². The Morgan fingerprint density at radius 2 is 1.95 bits per heavy atom. The fourth-order valence-electron chi connectivity index (χ4n) is 2.07. The highest BCUT2D eigenvalue weighted by Gasteiger charge is 2.31. The van der Waals surface area contributed by atoms with Crippen LogP contribution in [0.5, 0.6) is 0 Å². The van der Waals surface area contributed by atoms with Crippen molar-refractivity contribution in [2.24, 2.45) is 0 Å². The van der Waals surface area contributed by atoms with Crippen molar-refractivity contribution >= 4 is 16.9 Å². The molecule has 0 bridgehead atoms. The van der Waals surface area contributed by atoms with Crippen LogP contribution in [0, 0.1) is 0 Å². The van der Waals surface area contributed by atoms with E-state index < -0.39 is 29.2 Å². The Morgan fingerprint density at radius 1 is 1.29 bits per heavy atom. The highest BCUT2D eigenvalue weighted by atomic mass is 19.4. The molecule has 0 aliphatic heterocycles. The molecule has 1 unspecified atom stereocenters. The van der Waals surface area contributed by atoms with Gasteiger partial charge in [-0.2, -0.15) is 13.2 Å². The van der Waals surface area contributed by atoms with E-state index in [-0.39, 0.29) is 10.9 Å². The van der Waals surface area contributed by atoms with Crippen molar-refractivity contribution in [3.63, 3.8) is 0 Å². The lowest BCUT2D eigenvalue weighted by Crippen LogP contribution is -2.20. The zero-order valence-electron chi connectivity index (χ0n) is 11.3. The summed E-state index contributed by atoms with van der Waals surface area (Å²) in [4.78, 5) is 23.3. The Bertz CT molecular complexity index is 749. The number of fused-ring (bicyclic) bond motifs is 1. The van der Waals surface area contributed by atoms with E-state index in [4.69, 9.17) is 0 Å². The summed E-state index contributed by atoms with van der Waals surface area (Å²) in [5, 5.41) is 0.112. The monoisotopic (exact) mass is 299 g/mol. The van der Waals surface area contributed by atoms with Crippen molar-refractivity contribution in [3.05, 3.63) is 46.2 Å². The molecule has 1 heterocycles. The van der Waals surface area contributed by atoms with Gasteiger partial charge in [0.25, 0.3) is 0 Å². The third kappa shape index (κ3) is 2.76. The minimum atomic E-state index is -4.53. The van der Waals surface area contributed by atoms with E-state index in [1.807, 2.05) is 0 Å². The second-order valence-corrected chi connectivity index (χ2v) is 4.52. The number of alkyl halides is 3. The molecule has 112 valence electrons. The van der Waals surface area contributed by atoms with Crippen LogP contribution in [0.1, 0.15) is 18.5 Å². The number of pyridine rings is 1. The van der Waals surface area contributed by atoms with Crippen LogP contribution >= 0.6 is 0 Å². The normalized spacial score (nSPS) is 13.2. The molecule has 4 nitrogen and oxygen atoms in total. The second-order valence-electron chi connectivity index (χ2n) is 4.52. The van der Waals surface area contributed by atoms with E-state index in [2.05, 4.69) is 4.74 Å². The Morgan fingerprint density at radius 3 is 2.52 bits per heavy atom. The summed E-state index contributed by atoms with van der Waals surface area (Å²) >= 11 is 0. The van der Waals surface area contributed by atoms with Gasteiger partial charge >= 0.3 is 12.1 Å². The maximum absolute atomic E-state index is 12.8. The zero-order chi connectivity index (χ0) is 15.8. The molecule has 2 aromatic rings. The van der Waals surface area contributed by atoms with Gasteiger partial charge in [-0.15, -0.1) is 0 Å². The molecule has 0 aliphatic rings. The first-order chi connectivity index (χ1) is 9.75. The van der Waals surface area contributed by atoms with Crippen LogP contribution in [0.3, 0.4) is 0 Å². The second kappa shape index (κ2) is 5.23. The van der Waals surface area contributed by atoms with Crippen molar-refractivity contribution in [3.8, 4) is 0 Å². The zero-order valence-corrected chi connectivity index (χ0v) is 11.3. The Balaban J connectivity index is 2.74. The number of carbonyl (C=O) groups excluding carboxylic acids is 1. The predicted octanol–water partition coefficient (Wildman–Crippen LogP) is 2.75. The summed E-state index contributed by atoms with van der Waals surface area (Å²) in [5.41, 5.74) is -1.26. The minimum Gasteiger partial charge on any atom is -0.467 e. The summed E-state index contributed by atoms with van der Waals surface area (Å²) in [6.45, 7) is 1.48. The third-order valence-electron chi connectivity index (χ3n) is 3.21. The Labute approximate surface area is 117 Å². The van der Waals surface area contributed by atoms with Gasteiger partial charge in [-0.3, -0.25) is 4.79 Å². The van der Waals surface area contributed by atoms with Crippen molar-refractivity contribution in [2.45, 2.75) is 19.1 Å². The fraction of sp³-hybridized carbons (Fsp3) is 0.286. The van der Waals surface area contributed by atoms with Crippen LogP contribution in [-0.2, 0) is 15.7 Å². The van der Waals surface area contributed by atoms with Gasteiger partial charge in [0.2, 0.25) is 0 Å². The molecule has 0 saturated heterocycles. The van der Waals surface area contributed by atoms with Crippen LogP contribution in [-0.4, -0.2) is 17.6 Å². The van der Waals surface area contributed by atoms with Crippen LogP contribution in [0.25, 0.3) is 10.9 Å². The number of benzene rings is 1. The van der Waals surface area contributed by atoms with Gasteiger partial charge in [0.1, 0.15) is 6.04 Å². The predicted molar refractivity (Wildman–Crippen MR) is 69.9 cm³/mol. The van der Waals surface area contributed by atoms with Crippen molar-refractivity contribution in [1.29, 1.82) is 0 Å². The van der Waals surface area contributed by atoms with E-state index in [1.165, 1.54) is 30.9 Å². The van der Waals surface area contributed by atoms with Crippen molar-refractivity contribution in [2.75, 3.05) is 7.11 Å². The van der Waals surface area contributed by atoms with Crippen molar-refractivity contribution in [1.82, 2.24) is 4.57 Å². The largest absolute Gasteiger partial charge is 0.467 e. The third-order valence-corrected chi connectivity index (χ3v) is 3.21. The summed E-state index contributed by atoms with van der Waals surface area (Å²) < 4.78 is 44.3. The van der Waals surface area contributed by atoms with Crippen molar-refractivity contribution < 1.29 is 22.7 Å². The van der Waals surface area contributed by atoms with Crippen LogP contribution in [0.15, 0.2) is 35.3 Å². The molecule has 0 radical (unpaired) electrons. The first-order valence-electron chi connectivity index (χ1n) is 6.05. The number of halogens is 3. The topological polar surface area (TPSA) is 48.3 Å². The first kappa shape index (κ1) is 15.1. The van der Waals surface area contributed by atoms with Gasteiger partial charge in [-0.25, -0.2) is 4.79 Å². The van der Waals surface area contributed by atoms with Gasteiger partial charge in [-0.05, 0) is 25.1 Å². The maximum atomic E-state index is 12.8. The molecule has 0 saturated carbocycles. The van der Waals surface area contributed by atoms with Crippen LogP contribution in [0.2, 0.25) is 0 Å². The molecule has 0 spiro atoms. The summed E-state index contributed by atoms with van der Waals surface area (Å²) in [6.07, 6.45) is -3.24. The number of nitrogens with zero attached hydrogens (tertiary/aromatic N) is 1. The number of carbonyl (C=O) groups is 1. The quantitative estimate of drug-likeness (QED) is 0.801. The molecule has 0 N–H and O–H groups in total. The molecule has 2 rings (SSSR count). The lowest BCUT2D eigenvalue weighted by molar-refractivity contribution is -0.143. The highest BCUT2D eigenvalue weighted by Crippen LogP contribution is 2.31. The highest BCUT2D eigenvalue weighted by molar-refractivity contribution is 5.82. The summed E-state index contributed by atoms with van der Waals surface area (Å²) in [7, 11) is 1.19. The van der Waals surface area contributed by atoms with E-state index in [1.54, 1.807) is 0 Å². The molecule has 0 aliphatic carbocycles. The van der Waals surface area contributed by atoms with E-state index in [0.717, 1.165) is 18.2 Å². The van der Waals surface area contributed by atoms with Gasteiger partial charge in [-0.1, -0.05) is 0 Å². The number of ether oxygens (including phenoxy) is 1. The fourth-order valence-corrected chi connectivity index (χ4v) is 2.07. The number of aromatic nitrogens is 1. The summed E-state index contributed by atoms with van der Waals surface area (Å²) in [6, 6.07) is 3.17. The Hall–Kier alpha value is -2.31. The molecular weight excluding hydrogens is 287 g/mol. The van der Waals surface area contributed by atoms with Gasteiger partial charge in [0, 0.05) is 17.6 Å². The van der Waals surface area contributed by atoms with Crippen LogP contribution < -0.4 is 5.43 Å². The molecule has 1 aromatic heterocycles. The number of hydrogen-bond donors (Lipinski definition) is 0. The minimum absolute atomic E-state index is 0.0372. The number of hydrogen-bond acceptors (Lipinski definition) is 3. The van der Waals surface area contributed by atoms with Gasteiger partial charge in [0.15, 0.2) is 5.43 Å². The lowest BCUT2D eigenvalue weighted by Gasteiger charge is -2.17. The SMILES string of the molecule is COC(=O)C(C)n1ccc(=O)c2ccc(C(F)(F)F)cc21. The summed E-state index contributed by atoms with van der Waals surface area (Å²) in [5.74, 6) is -0.614.